The summed E-state index contributed by atoms with van der Waals surface area (Å²) in [7, 11) is 3.69. The van der Waals surface area contributed by atoms with Crippen LogP contribution in [0.15, 0.2) is 73.2 Å². The number of nitrogens with zero attached hydrogens (tertiary/aromatic N) is 10. The fourth-order valence-corrected chi connectivity index (χ4v) is 7.22. The Balaban J connectivity index is 0.000000184. The number of aryl methyl sites for hydroxylation is 1. The highest BCUT2D eigenvalue weighted by atomic mass is 35.5. The Morgan fingerprint density at radius 1 is 0.704 bits per heavy atom. The van der Waals surface area contributed by atoms with Crippen molar-refractivity contribution in [1.82, 2.24) is 39.7 Å². The van der Waals surface area contributed by atoms with E-state index in [0.29, 0.717) is 23.9 Å². The average molecular weight is 751 g/mol. The Labute approximate surface area is 317 Å². The van der Waals surface area contributed by atoms with Gasteiger partial charge in [0.2, 0.25) is 5.28 Å². The molecule has 12 nitrogen and oxygen atoms in total. The number of anilines is 6. The number of benzene rings is 2. The number of halogens is 3. The summed E-state index contributed by atoms with van der Waals surface area (Å²) in [5, 5.41) is 10.8. The highest BCUT2D eigenvalue weighted by Crippen LogP contribution is 2.47. The van der Waals surface area contributed by atoms with Crippen molar-refractivity contribution in [2.24, 2.45) is 0 Å². The van der Waals surface area contributed by atoms with Gasteiger partial charge in [-0.15, -0.1) is 0 Å². The molecule has 0 saturated carbocycles. The number of pyridine rings is 1. The lowest BCUT2D eigenvalue weighted by Crippen LogP contribution is -2.25. The van der Waals surface area contributed by atoms with E-state index in [9.17, 15) is 8.78 Å². The zero-order valence-electron chi connectivity index (χ0n) is 31.2. The normalized spacial score (nSPS) is 15.0. The molecule has 0 radical (unpaired) electrons. The number of hydrogen-bond acceptors (Lipinski definition) is 11. The molecular formula is C39H41ClF2N12. The molecule has 0 saturated heterocycles. The standard InChI is InChI=1S/C24H25FN8.C15H16ClFN4/c1-15-28-14-33(31-15)20-10-5-16(12-27-20)11-19-29-22(26-4)21-23(30-19)32(13-24(21,2)3)18-8-6-17(25)7-9-18;1-15(2)8-21(10-6-4-9(17)5-7-10)13-11(15)12(18-3)19-14(16)20-13/h5-10,12,14H,11,13H2,1-4H3,(H,26,29,30);4-7H,8H2,1-3H3,(H,18,19,20). The van der Waals surface area contributed by atoms with Crippen LogP contribution in [-0.4, -0.2) is 66.9 Å². The molecule has 6 aromatic rings. The van der Waals surface area contributed by atoms with Gasteiger partial charge in [-0.3, -0.25) is 0 Å². The highest BCUT2D eigenvalue weighted by molar-refractivity contribution is 6.28. The maximum atomic E-state index is 13.5. The van der Waals surface area contributed by atoms with Gasteiger partial charge in [0.25, 0.3) is 0 Å². The molecule has 0 bridgehead atoms. The fraction of sp³-hybridized carbons (Fsp3) is 0.308. The minimum Gasteiger partial charge on any atom is -0.373 e. The summed E-state index contributed by atoms with van der Waals surface area (Å²) in [4.78, 5) is 31.2. The maximum Gasteiger partial charge on any atom is 0.226 e. The Morgan fingerprint density at radius 2 is 1.24 bits per heavy atom. The van der Waals surface area contributed by atoms with Crippen LogP contribution in [0, 0.1) is 18.6 Å². The molecule has 54 heavy (non-hydrogen) atoms. The summed E-state index contributed by atoms with van der Waals surface area (Å²) in [6.45, 7) is 11.9. The van der Waals surface area contributed by atoms with Crippen molar-refractivity contribution >= 4 is 46.2 Å². The lowest BCUT2D eigenvalue weighted by molar-refractivity contribution is 0.568. The molecule has 0 spiro atoms. The van der Waals surface area contributed by atoms with Crippen molar-refractivity contribution in [1.29, 1.82) is 0 Å². The predicted octanol–water partition coefficient (Wildman–Crippen LogP) is 7.70. The van der Waals surface area contributed by atoms with Crippen LogP contribution >= 0.6 is 11.6 Å². The Morgan fingerprint density at radius 3 is 1.72 bits per heavy atom. The van der Waals surface area contributed by atoms with Crippen LogP contribution in [-0.2, 0) is 17.3 Å². The van der Waals surface area contributed by atoms with Crippen LogP contribution in [0.25, 0.3) is 5.82 Å². The Bertz CT molecular complexity index is 2290. The maximum absolute atomic E-state index is 13.5. The molecule has 2 aliphatic rings. The van der Waals surface area contributed by atoms with Crippen molar-refractivity contribution < 1.29 is 8.78 Å². The summed E-state index contributed by atoms with van der Waals surface area (Å²) in [6.07, 6.45) is 3.99. The van der Waals surface area contributed by atoms with Gasteiger partial charge < -0.3 is 20.4 Å². The van der Waals surface area contributed by atoms with Crippen LogP contribution in [0.2, 0.25) is 5.28 Å². The number of rotatable bonds is 7. The molecule has 8 rings (SSSR count). The van der Waals surface area contributed by atoms with Gasteiger partial charge in [0, 0.05) is 73.1 Å². The van der Waals surface area contributed by atoms with Crippen molar-refractivity contribution in [2.75, 3.05) is 47.6 Å². The van der Waals surface area contributed by atoms with Crippen molar-refractivity contribution in [3.63, 3.8) is 0 Å². The first-order valence-electron chi connectivity index (χ1n) is 17.5. The van der Waals surface area contributed by atoms with Crippen LogP contribution in [0.3, 0.4) is 0 Å². The second kappa shape index (κ2) is 14.2. The van der Waals surface area contributed by atoms with E-state index in [4.69, 9.17) is 21.6 Å². The molecule has 2 aromatic carbocycles. The molecule has 278 valence electrons. The van der Waals surface area contributed by atoms with Gasteiger partial charge in [-0.1, -0.05) is 33.8 Å². The van der Waals surface area contributed by atoms with E-state index >= 15 is 0 Å². The summed E-state index contributed by atoms with van der Waals surface area (Å²) in [6, 6.07) is 16.8. The van der Waals surface area contributed by atoms with E-state index in [1.54, 1.807) is 35.3 Å². The minimum absolute atomic E-state index is 0.132. The molecule has 0 atom stereocenters. The summed E-state index contributed by atoms with van der Waals surface area (Å²) in [5.74, 6) is 4.75. The molecule has 2 aliphatic heterocycles. The van der Waals surface area contributed by atoms with Crippen LogP contribution in [0.1, 0.15) is 56.0 Å². The fourth-order valence-electron chi connectivity index (χ4n) is 7.06. The molecule has 15 heteroatoms. The Hall–Kier alpha value is -5.76. The summed E-state index contributed by atoms with van der Waals surface area (Å²) in [5.41, 5.74) is 4.57. The topological polar surface area (TPSA) is 126 Å². The molecule has 0 unspecified atom stereocenters. The monoisotopic (exact) mass is 750 g/mol. The molecule has 2 N–H and O–H groups in total. The number of nitrogens with one attached hydrogen (secondary N) is 2. The lowest BCUT2D eigenvalue weighted by atomic mass is 9.88. The van der Waals surface area contributed by atoms with E-state index in [1.165, 1.54) is 24.3 Å². The molecular weight excluding hydrogens is 710 g/mol. The highest BCUT2D eigenvalue weighted by Gasteiger charge is 2.41. The van der Waals surface area contributed by atoms with Gasteiger partial charge in [-0.05, 0) is 78.7 Å². The van der Waals surface area contributed by atoms with Crippen LogP contribution in [0.4, 0.5) is 43.4 Å². The second-order valence-corrected chi connectivity index (χ2v) is 14.9. The van der Waals surface area contributed by atoms with Gasteiger partial charge in [0.1, 0.15) is 52.9 Å². The quantitative estimate of drug-likeness (QED) is 0.156. The van der Waals surface area contributed by atoms with E-state index in [2.05, 4.69) is 68.3 Å². The molecule has 0 fully saturated rings. The summed E-state index contributed by atoms with van der Waals surface area (Å²) >= 11 is 6.03. The van der Waals surface area contributed by atoms with Crippen molar-refractivity contribution in [2.45, 2.75) is 51.9 Å². The van der Waals surface area contributed by atoms with E-state index in [0.717, 1.165) is 64.4 Å². The third-order valence-corrected chi connectivity index (χ3v) is 9.70. The third-order valence-electron chi connectivity index (χ3n) is 9.53. The predicted molar refractivity (Wildman–Crippen MR) is 208 cm³/mol. The number of aromatic nitrogens is 8. The van der Waals surface area contributed by atoms with Gasteiger partial charge in [0.05, 0.1) is 0 Å². The molecule has 4 aromatic heterocycles. The average Bonchev–Trinajstić information content (AvgIpc) is 3.79. The molecule has 0 amide bonds. The molecule has 0 aliphatic carbocycles. The first-order valence-corrected chi connectivity index (χ1v) is 17.9. The third kappa shape index (κ3) is 7.13. The van der Waals surface area contributed by atoms with E-state index < -0.39 is 0 Å². The largest absolute Gasteiger partial charge is 0.373 e. The van der Waals surface area contributed by atoms with Crippen molar-refractivity contribution in [3.8, 4) is 5.82 Å². The van der Waals surface area contributed by atoms with E-state index in [1.807, 2.05) is 44.2 Å². The van der Waals surface area contributed by atoms with E-state index in [-0.39, 0.29) is 27.7 Å². The molecule has 6 heterocycles. The van der Waals surface area contributed by atoms with Crippen LogP contribution < -0.4 is 20.4 Å². The number of fused-ring (bicyclic) bond motifs is 2. The first-order chi connectivity index (χ1) is 25.8. The Kier molecular flexibility index (Phi) is 9.65. The van der Waals surface area contributed by atoms with Gasteiger partial charge in [-0.2, -0.15) is 10.1 Å². The zero-order chi connectivity index (χ0) is 38.4. The lowest BCUT2D eigenvalue weighted by Gasteiger charge is -2.21. The second-order valence-electron chi connectivity index (χ2n) is 14.6. The van der Waals surface area contributed by atoms with Gasteiger partial charge in [-0.25, -0.2) is 38.4 Å². The zero-order valence-corrected chi connectivity index (χ0v) is 31.9. The SMILES string of the molecule is CNc1nc(Cc2ccc(-n3cnc(C)n3)nc2)nc2c1C(C)(C)CN2c1ccc(F)cc1.CNc1nc(Cl)nc2c1C(C)(C)CN2c1ccc(F)cc1. The first kappa shape index (κ1) is 36.6. The van der Waals surface area contributed by atoms with Crippen LogP contribution in [0.5, 0.6) is 0 Å². The van der Waals surface area contributed by atoms with Crippen molar-refractivity contribution in [3.05, 3.63) is 118 Å². The minimum atomic E-state index is -0.256. The van der Waals surface area contributed by atoms with Gasteiger partial charge in [0.15, 0.2) is 5.82 Å². The van der Waals surface area contributed by atoms with Gasteiger partial charge >= 0.3 is 0 Å². The smallest absolute Gasteiger partial charge is 0.226 e. The number of hydrogen-bond donors (Lipinski definition) is 2. The summed E-state index contributed by atoms with van der Waals surface area (Å²) < 4.78 is 28.3.